The van der Waals surface area contributed by atoms with E-state index in [0.29, 0.717) is 12.0 Å². The van der Waals surface area contributed by atoms with Crippen molar-refractivity contribution in [2.24, 2.45) is 11.7 Å². The van der Waals surface area contributed by atoms with E-state index in [2.05, 4.69) is 23.2 Å². The lowest BCUT2D eigenvalue weighted by molar-refractivity contribution is -0.123. The SMILES string of the molecule is CC1CCC(CN)CN1C1CCc2ccccc2NC1=O. The Kier molecular flexibility index (Phi) is 4.27. The molecule has 2 aliphatic rings. The first-order valence-electron chi connectivity index (χ1n) is 8.03. The average molecular weight is 287 g/mol. The van der Waals surface area contributed by atoms with Crippen LogP contribution in [0.15, 0.2) is 24.3 Å². The fourth-order valence-electron chi connectivity index (χ4n) is 3.65. The Hall–Kier alpha value is -1.39. The zero-order valence-corrected chi connectivity index (χ0v) is 12.7. The molecule has 3 N–H and O–H groups in total. The van der Waals surface area contributed by atoms with Gasteiger partial charge in [0, 0.05) is 18.3 Å². The highest BCUT2D eigenvalue weighted by atomic mass is 16.2. The standard InChI is InChI=1S/C17H25N3O/c1-12-6-7-13(10-18)11-20(12)16-9-8-14-4-2-3-5-15(14)19-17(16)21/h2-5,12-13,16H,6-11,18H2,1H3,(H,19,21). The Morgan fingerprint density at radius 2 is 2.10 bits per heavy atom. The molecule has 0 spiro atoms. The largest absolute Gasteiger partial charge is 0.330 e. The molecule has 3 atom stereocenters. The van der Waals surface area contributed by atoms with Crippen LogP contribution >= 0.6 is 0 Å². The van der Waals surface area contributed by atoms with Gasteiger partial charge in [-0.1, -0.05) is 18.2 Å². The third kappa shape index (κ3) is 2.97. The molecule has 1 fully saturated rings. The van der Waals surface area contributed by atoms with E-state index in [4.69, 9.17) is 5.73 Å². The van der Waals surface area contributed by atoms with Gasteiger partial charge in [0.1, 0.15) is 0 Å². The van der Waals surface area contributed by atoms with Crippen molar-refractivity contribution in [1.29, 1.82) is 0 Å². The highest BCUT2D eigenvalue weighted by molar-refractivity contribution is 5.96. The first-order chi connectivity index (χ1) is 10.2. The maximum atomic E-state index is 12.6. The summed E-state index contributed by atoms with van der Waals surface area (Å²) in [5, 5.41) is 3.11. The molecule has 1 saturated heterocycles. The third-order valence-electron chi connectivity index (χ3n) is 5.03. The predicted molar refractivity (Wildman–Crippen MR) is 85.1 cm³/mol. The lowest BCUT2D eigenvalue weighted by atomic mass is 9.91. The lowest BCUT2D eigenvalue weighted by Gasteiger charge is -2.41. The maximum Gasteiger partial charge on any atom is 0.241 e. The summed E-state index contributed by atoms with van der Waals surface area (Å²) in [4.78, 5) is 15.0. The number of fused-ring (bicyclic) bond motifs is 1. The number of para-hydroxylation sites is 1. The van der Waals surface area contributed by atoms with E-state index in [-0.39, 0.29) is 11.9 Å². The molecule has 21 heavy (non-hydrogen) atoms. The summed E-state index contributed by atoms with van der Waals surface area (Å²) in [6.45, 7) is 3.90. The number of nitrogens with zero attached hydrogens (tertiary/aromatic N) is 1. The molecule has 4 heteroatoms. The fourth-order valence-corrected chi connectivity index (χ4v) is 3.65. The van der Waals surface area contributed by atoms with Gasteiger partial charge in [0.15, 0.2) is 0 Å². The molecule has 2 heterocycles. The van der Waals surface area contributed by atoms with Gasteiger partial charge in [-0.05, 0) is 56.7 Å². The number of carbonyl (C=O) groups excluding carboxylic acids is 1. The Bertz CT molecular complexity index is 517. The highest BCUT2D eigenvalue weighted by Crippen LogP contribution is 2.29. The number of anilines is 1. The minimum atomic E-state index is -0.0262. The number of hydrogen-bond acceptors (Lipinski definition) is 3. The number of nitrogens with one attached hydrogen (secondary N) is 1. The predicted octanol–water partition coefficient (Wildman–Crippen LogP) is 2.00. The van der Waals surface area contributed by atoms with Crippen LogP contribution in [0.2, 0.25) is 0 Å². The maximum absolute atomic E-state index is 12.6. The van der Waals surface area contributed by atoms with Crippen molar-refractivity contribution in [2.45, 2.75) is 44.7 Å². The molecule has 4 nitrogen and oxygen atoms in total. The molecule has 1 aromatic carbocycles. The van der Waals surface area contributed by atoms with Crippen LogP contribution in [0.4, 0.5) is 5.69 Å². The minimum Gasteiger partial charge on any atom is -0.330 e. The van der Waals surface area contributed by atoms with Crippen LogP contribution in [0.25, 0.3) is 0 Å². The van der Waals surface area contributed by atoms with E-state index in [1.54, 1.807) is 0 Å². The Morgan fingerprint density at radius 3 is 2.90 bits per heavy atom. The molecule has 0 saturated carbocycles. The monoisotopic (exact) mass is 287 g/mol. The van der Waals surface area contributed by atoms with Crippen LogP contribution in [-0.2, 0) is 11.2 Å². The van der Waals surface area contributed by atoms with Crippen LogP contribution in [0.3, 0.4) is 0 Å². The smallest absolute Gasteiger partial charge is 0.241 e. The van der Waals surface area contributed by atoms with E-state index < -0.39 is 0 Å². The van der Waals surface area contributed by atoms with Gasteiger partial charge in [-0.2, -0.15) is 0 Å². The number of aryl methyl sites for hydroxylation is 1. The number of rotatable bonds is 2. The summed E-state index contributed by atoms with van der Waals surface area (Å²) in [6.07, 6.45) is 4.17. The summed E-state index contributed by atoms with van der Waals surface area (Å²) in [5.74, 6) is 0.670. The van der Waals surface area contributed by atoms with Gasteiger partial charge >= 0.3 is 0 Å². The Morgan fingerprint density at radius 1 is 1.29 bits per heavy atom. The minimum absolute atomic E-state index is 0.0262. The van der Waals surface area contributed by atoms with Crippen LogP contribution in [0, 0.1) is 5.92 Å². The summed E-state index contributed by atoms with van der Waals surface area (Å²) < 4.78 is 0. The van der Waals surface area contributed by atoms with Crippen molar-refractivity contribution < 1.29 is 4.79 Å². The first kappa shape index (κ1) is 14.5. The zero-order chi connectivity index (χ0) is 14.8. The van der Waals surface area contributed by atoms with Gasteiger partial charge in [0.05, 0.1) is 6.04 Å². The van der Waals surface area contributed by atoms with E-state index >= 15 is 0 Å². The Labute approximate surface area is 126 Å². The van der Waals surface area contributed by atoms with Crippen molar-refractivity contribution in [3.05, 3.63) is 29.8 Å². The second kappa shape index (κ2) is 6.16. The molecule has 2 aliphatic heterocycles. The number of piperidine rings is 1. The van der Waals surface area contributed by atoms with Gasteiger partial charge in [-0.25, -0.2) is 0 Å². The number of likely N-dealkylation sites (tertiary alicyclic amines) is 1. The van der Waals surface area contributed by atoms with E-state index in [0.717, 1.165) is 38.0 Å². The molecular weight excluding hydrogens is 262 g/mol. The van der Waals surface area contributed by atoms with Crippen molar-refractivity contribution in [2.75, 3.05) is 18.4 Å². The molecule has 0 bridgehead atoms. The van der Waals surface area contributed by atoms with Crippen LogP contribution in [0.5, 0.6) is 0 Å². The van der Waals surface area contributed by atoms with E-state index in [9.17, 15) is 4.79 Å². The third-order valence-corrected chi connectivity index (χ3v) is 5.03. The van der Waals surface area contributed by atoms with Gasteiger partial charge in [0.25, 0.3) is 0 Å². The molecule has 1 aromatic rings. The van der Waals surface area contributed by atoms with Gasteiger partial charge in [-0.15, -0.1) is 0 Å². The average Bonchev–Trinajstić information content (AvgIpc) is 2.66. The van der Waals surface area contributed by atoms with Crippen molar-refractivity contribution in [1.82, 2.24) is 4.90 Å². The fraction of sp³-hybridized carbons (Fsp3) is 0.588. The number of amides is 1. The van der Waals surface area contributed by atoms with Gasteiger partial charge < -0.3 is 11.1 Å². The molecule has 0 aromatic heterocycles. The lowest BCUT2D eigenvalue weighted by Crippen LogP contribution is -2.53. The normalized spacial score (nSPS) is 30.4. The summed E-state index contributed by atoms with van der Waals surface area (Å²) in [7, 11) is 0. The van der Waals surface area contributed by atoms with Gasteiger partial charge in [0.2, 0.25) is 5.91 Å². The number of nitrogens with two attached hydrogens (primary N) is 1. The number of hydrogen-bond donors (Lipinski definition) is 2. The van der Waals surface area contributed by atoms with Crippen LogP contribution < -0.4 is 11.1 Å². The summed E-state index contributed by atoms with van der Waals surface area (Å²) in [5.41, 5.74) is 8.07. The van der Waals surface area contributed by atoms with Crippen LogP contribution in [0.1, 0.15) is 31.7 Å². The summed E-state index contributed by atoms with van der Waals surface area (Å²) in [6, 6.07) is 8.57. The molecule has 3 rings (SSSR count). The molecule has 114 valence electrons. The van der Waals surface area contributed by atoms with E-state index in [1.165, 1.54) is 12.0 Å². The van der Waals surface area contributed by atoms with Gasteiger partial charge in [-0.3, -0.25) is 9.69 Å². The first-order valence-corrected chi connectivity index (χ1v) is 8.03. The van der Waals surface area contributed by atoms with Crippen molar-refractivity contribution in [3.63, 3.8) is 0 Å². The quantitative estimate of drug-likeness (QED) is 0.874. The van der Waals surface area contributed by atoms with Crippen LogP contribution in [-0.4, -0.2) is 36.0 Å². The molecule has 3 unspecified atom stereocenters. The van der Waals surface area contributed by atoms with E-state index in [1.807, 2.05) is 18.2 Å². The molecule has 0 radical (unpaired) electrons. The van der Waals surface area contributed by atoms with Crippen molar-refractivity contribution in [3.8, 4) is 0 Å². The molecule has 0 aliphatic carbocycles. The highest BCUT2D eigenvalue weighted by Gasteiger charge is 2.35. The topological polar surface area (TPSA) is 58.4 Å². The number of benzene rings is 1. The Balaban J connectivity index is 1.78. The molecular formula is C17H25N3O. The zero-order valence-electron chi connectivity index (χ0n) is 12.7. The summed E-state index contributed by atoms with van der Waals surface area (Å²) >= 11 is 0. The second-order valence-corrected chi connectivity index (χ2v) is 6.43. The van der Waals surface area contributed by atoms with Crippen molar-refractivity contribution >= 4 is 11.6 Å². The number of carbonyl (C=O) groups is 1. The molecule has 1 amide bonds. The second-order valence-electron chi connectivity index (χ2n) is 6.43.